The van der Waals surface area contributed by atoms with Gasteiger partial charge in [-0.1, -0.05) is 13.8 Å². The van der Waals surface area contributed by atoms with Crippen LogP contribution in [0.3, 0.4) is 0 Å². The van der Waals surface area contributed by atoms with Crippen molar-refractivity contribution in [3.8, 4) is 5.75 Å². The quantitative estimate of drug-likeness (QED) is 0.663. The van der Waals surface area contributed by atoms with Gasteiger partial charge in [-0.25, -0.2) is 16.8 Å². The lowest BCUT2D eigenvalue weighted by molar-refractivity contribution is -0.274. The number of ether oxygens (including phenoxy) is 1. The van der Waals surface area contributed by atoms with Gasteiger partial charge in [0.2, 0.25) is 10.0 Å². The highest BCUT2D eigenvalue weighted by molar-refractivity contribution is 7.92. The van der Waals surface area contributed by atoms with Crippen LogP contribution in [-0.2, 0) is 20.0 Å². The summed E-state index contributed by atoms with van der Waals surface area (Å²) in [5.41, 5.74) is 0.0133. The van der Waals surface area contributed by atoms with Crippen molar-refractivity contribution < 1.29 is 34.7 Å². The summed E-state index contributed by atoms with van der Waals surface area (Å²) in [6.07, 6.45) is -4.85. The number of hydrogen-bond acceptors (Lipinski definition) is 5. The third-order valence-electron chi connectivity index (χ3n) is 3.82. The maximum atomic E-state index is 12.4. The van der Waals surface area contributed by atoms with Crippen molar-refractivity contribution in [2.75, 3.05) is 17.8 Å². The zero-order chi connectivity index (χ0) is 21.9. The second-order valence-corrected chi connectivity index (χ2v) is 9.36. The molecule has 0 radical (unpaired) electrons. The van der Waals surface area contributed by atoms with Gasteiger partial charge in [-0.2, -0.15) is 4.31 Å². The third-order valence-corrected chi connectivity index (χ3v) is 7.28. The Bertz CT molecular complexity index is 1030. The topological polar surface area (TPSA) is 92.8 Å². The highest BCUT2D eigenvalue weighted by Crippen LogP contribution is 2.25. The minimum Gasteiger partial charge on any atom is -0.406 e. The molecule has 0 aromatic heterocycles. The van der Waals surface area contributed by atoms with E-state index in [-0.39, 0.29) is 28.6 Å². The fourth-order valence-corrected chi connectivity index (χ4v) is 4.96. The molecule has 2 aromatic carbocycles. The van der Waals surface area contributed by atoms with Gasteiger partial charge in [0, 0.05) is 18.8 Å². The van der Waals surface area contributed by atoms with E-state index < -0.39 is 32.2 Å². The van der Waals surface area contributed by atoms with Gasteiger partial charge in [0.05, 0.1) is 9.79 Å². The van der Waals surface area contributed by atoms with Crippen LogP contribution in [0.4, 0.5) is 18.9 Å². The number of alkyl halides is 3. The van der Waals surface area contributed by atoms with Gasteiger partial charge in [0.1, 0.15) is 5.75 Å². The van der Waals surface area contributed by atoms with Gasteiger partial charge in [0.15, 0.2) is 0 Å². The molecule has 0 aliphatic rings. The molecule has 7 nitrogen and oxygen atoms in total. The SMILES string of the molecule is CCN(CC)S(=O)(=O)c1ccc(S(=O)(=O)Nc2ccc(OC(F)(F)F)cc2)cc1. The molecule has 0 aliphatic carbocycles. The summed E-state index contributed by atoms with van der Waals surface area (Å²) in [6.45, 7) is 3.92. The Morgan fingerprint density at radius 2 is 1.34 bits per heavy atom. The van der Waals surface area contributed by atoms with E-state index in [0.29, 0.717) is 0 Å². The van der Waals surface area contributed by atoms with E-state index in [1.165, 1.54) is 16.4 Å². The molecule has 0 heterocycles. The van der Waals surface area contributed by atoms with Crippen LogP contribution in [0.2, 0.25) is 0 Å². The molecule has 0 amide bonds. The Kier molecular flexibility index (Phi) is 6.81. The van der Waals surface area contributed by atoms with E-state index in [2.05, 4.69) is 9.46 Å². The van der Waals surface area contributed by atoms with Crippen LogP contribution in [0.5, 0.6) is 5.75 Å². The fourth-order valence-electron chi connectivity index (χ4n) is 2.44. The van der Waals surface area contributed by atoms with Crippen molar-refractivity contribution >= 4 is 25.7 Å². The molecule has 0 saturated carbocycles. The highest BCUT2D eigenvalue weighted by Gasteiger charge is 2.31. The predicted molar refractivity (Wildman–Crippen MR) is 100 cm³/mol. The Morgan fingerprint density at radius 1 is 0.862 bits per heavy atom. The Labute approximate surface area is 167 Å². The number of benzene rings is 2. The summed E-state index contributed by atoms with van der Waals surface area (Å²) in [5.74, 6) is -0.494. The standard InChI is InChI=1S/C17H19F3N2O5S2/c1-3-22(4-2)29(25,26)16-11-9-15(10-12-16)28(23,24)21-13-5-7-14(8-6-13)27-17(18,19)20/h5-12,21H,3-4H2,1-2H3. The van der Waals surface area contributed by atoms with E-state index >= 15 is 0 Å². The summed E-state index contributed by atoms with van der Waals surface area (Å²) < 4.78 is 93.4. The smallest absolute Gasteiger partial charge is 0.406 e. The van der Waals surface area contributed by atoms with Crippen molar-refractivity contribution in [3.05, 3.63) is 48.5 Å². The Balaban J connectivity index is 2.20. The normalized spacial score (nSPS) is 12.8. The Hall–Kier alpha value is -2.31. The molecule has 0 aliphatic heterocycles. The van der Waals surface area contributed by atoms with Crippen molar-refractivity contribution in [3.63, 3.8) is 0 Å². The molecule has 29 heavy (non-hydrogen) atoms. The largest absolute Gasteiger partial charge is 0.573 e. The van der Waals surface area contributed by atoms with Crippen LogP contribution >= 0.6 is 0 Å². The maximum absolute atomic E-state index is 12.4. The number of anilines is 1. The predicted octanol–water partition coefficient (Wildman–Crippen LogP) is 3.42. The number of sulfonamides is 2. The van der Waals surface area contributed by atoms with Crippen molar-refractivity contribution in [1.29, 1.82) is 0 Å². The van der Waals surface area contributed by atoms with Crippen LogP contribution in [0.1, 0.15) is 13.8 Å². The first-order valence-electron chi connectivity index (χ1n) is 8.38. The van der Waals surface area contributed by atoms with E-state index in [4.69, 9.17) is 0 Å². The molecule has 0 fully saturated rings. The number of hydrogen-bond donors (Lipinski definition) is 1. The lowest BCUT2D eigenvalue weighted by Crippen LogP contribution is -2.30. The molecule has 12 heteroatoms. The molecule has 0 bridgehead atoms. The van der Waals surface area contributed by atoms with Gasteiger partial charge >= 0.3 is 6.36 Å². The second-order valence-electron chi connectivity index (χ2n) is 5.74. The minimum absolute atomic E-state index is 0.0133. The number of nitrogens with zero attached hydrogens (tertiary/aromatic N) is 1. The van der Waals surface area contributed by atoms with Gasteiger partial charge in [-0.15, -0.1) is 13.2 Å². The molecule has 2 aromatic rings. The third kappa shape index (κ3) is 5.84. The molecule has 0 saturated heterocycles. The number of rotatable bonds is 8. The summed E-state index contributed by atoms with van der Waals surface area (Å²) in [4.78, 5) is -0.250. The zero-order valence-corrected chi connectivity index (χ0v) is 17.1. The molecule has 0 unspecified atom stereocenters. The highest BCUT2D eigenvalue weighted by atomic mass is 32.2. The first-order chi connectivity index (χ1) is 13.4. The summed E-state index contributed by atoms with van der Waals surface area (Å²) in [7, 11) is -7.81. The number of halogens is 3. The summed E-state index contributed by atoms with van der Waals surface area (Å²) in [6, 6.07) is 8.79. The van der Waals surface area contributed by atoms with Crippen LogP contribution in [0.15, 0.2) is 58.3 Å². The first kappa shape index (κ1) is 23.0. The molecular formula is C17H19F3N2O5S2. The van der Waals surface area contributed by atoms with Gasteiger partial charge < -0.3 is 4.74 Å². The van der Waals surface area contributed by atoms with Gasteiger partial charge in [0.25, 0.3) is 10.0 Å². The maximum Gasteiger partial charge on any atom is 0.573 e. The summed E-state index contributed by atoms with van der Waals surface area (Å²) >= 11 is 0. The van der Waals surface area contributed by atoms with Crippen LogP contribution < -0.4 is 9.46 Å². The molecular weight excluding hydrogens is 433 g/mol. The molecule has 160 valence electrons. The van der Waals surface area contributed by atoms with Gasteiger partial charge in [-0.05, 0) is 48.5 Å². The monoisotopic (exact) mass is 452 g/mol. The second kappa shape index (κ2) is 8.59. The molecule has 0 spiro atoms. The van der Waals surface area contributed by atoms with E-state index in [9.17, 15) is 30.0 Å². The Morgan fingerprint density at radius 3 is 1.79 bits per heavy atom. The first-order valence-corrected chi connectivity index (χ1v) is 11.3. The van der Waals surface area contributed by atoms with Crippen molar-refractivity contribution in [1.82, 2.24) is 4.31 Å². The zero-order valence-electron chi connectivity index (χ0n) is 15.5. The van der Waals surface area contributed by atoms with E-state index in [1.54, 1.807) is 13.8 Å². The summed E-state index contributed by atoms with van der Waals surface area (Å²) in [5, 5.41) is 0. The lowest BCUT2D eigenvalue weighted by atomic mass is 10.3. The van der Waals surface area contributed by atoms with Crippen LogP contribution in [0.25, 0.3) is 0 Å². The molecule has 0 atom stereocenters. The fraction of sp³-hybridized carbons (Fsp3) is 0.294. The van der Waals surface area contributed by atoms with Crippen molar-refractivity contribution in [2.24, 2.45) is 0 Å². The van der Waals surface area contributed by atoms with E-state index in [0.717, 1.165) is 36.4 Å². The van der Waals surface area contributed by atoms with E-state index in [1.807, 2.05) is 0 Å². The molecule has 2 rings (SSSR count). The molecule has 1 N–H and O–H groups in total. The lowest BCUT2D eigenvalue weighted by Gasteiger charge is -2.18. The van der Waals surface area contributed by atoms with Crippen LogP contribution in [0, 0.1) is 0 Å². The average molecular weight is 452 g/mol. The minimum atomic E-state index is -4.85. The number of nitrogens with one attached hydrogen (secondary N) is 1. The van der Waals surface area contributed by atoms with Crippen LogP contribution in [-0.4, -0.2) is 40.6 Å². The average Bonchev–Trinajstić information content (AvgIpc) is 2.63. The van der Waals surface area contributed by atoms with Gasteiger partial charge in [-0.3, -0.25) is 4.72 Å². The van der Waals surface area contributed by atoms with Crippen molar-refractivity contribution in [2.45, 2.75) is 30.0 Å².